The summed E-state index contributed by atoms with van der Waals surface area (Å²) in [5, 5.41) is 3.62. The topological polar surface area (TPSA) is 68.3 Å². The summed E-state index contributed by atoms with van der Waals surface area (Å²) in [5.41, 5.74) is 3.12. The summed E-state index contributed by atoms with van der Waals surface area (Å²) in [6, 6.07) is 7.67. The van der Waals surface area contributed by atoms with Crippen molar-refractivity contribution in [2.75, 3.05) is 6.61 Å². The SMILES string of the molecule is CC(C)(C)NC(=O)COC(=O)c1c2c(nc3ccccc13)CC[C@@H](C(C)(C)C)C2. The lowest BCUT2D eigenvalue weighted by Crippen LogP contribution is -2.42. The molecule has 1 aliphatic carbocycles. The number of aromatic nitrogens is 1. The zero-order valence-corrected chi connectivity index (χ0v) is 18.4. The number of benzene rings is 1. The second-order valence-electron chi connectivity index (χ2n) is 10.1. The quantitative estimate of drug-likeness (QED) is 0.778. The monoisotopic (exact) mass is 396 g/mol. The van der Waals surface area contributed by atoms with Crippen molar-refractivity contribution < 1.29 is 14.3 Å². The van der Waals surface area contributed by atoms with Gasteiger partial charge in [0.15, 0.2) is 6.61 Å². The first-order valence-corrected chi connectivity index (χ1v) is 10.3. The van der Waals surface area contributed by atoms with Crippen molar-refractivity contribution in [3.8, 4) is 0 Å². The van der Waals surface area contributed by atoms with Gasteiger partial charge in [0.05, 0.1) is 11.1 Å². The summed E-state index contributed by atoms with van der Waals surface area (Å²) in [7, 11) is 0. The molecule has 3 rings (SSSR count). The van der Waals surface area contributed by atoms with Crippen LogP contribution in [0.4, 0.5) is 0 Å². The van der Waals surface area contributed by atoms with Gasteiger partial charge in [0, 0.05) is 16.6 Å². The number of nitrogens with zero attached hydrogens (tertiary/aromatic N) is 1. The Hall–Kier alpha value is -2.43. The van der Waals surface area contributed by atoms with E-state index in [0.29, 0.717) is 11.5 Å². The Kier molecular flexibility index (Phi) is 5.70. The average Bonchev–Trinajstić information content (AvgIpc) is 2.61. The van der Waals surface area contributed by atoms with Crippen LogP contribution in [0.5, 0.6) is 0 Å². The fourth-order valence-corrected chi connectivity index (χ4v) is 4.02. The Morgan fingerprint density at radius 3 is 2.48 bits per heavy atom. The lowest BCUT2D eigenvalue weighted by Gasteiger charge is -2.35. The van der Waals surface area contributed by atoms with Crippen LogP contribution in [-0.4, -0.2) is 29.0 Å². The van der Waals surface area contributed by atoms with E-state index in [9.17, 15) is 9.59 Å². The van der Waals surface area contributed by atoms with E-state index in [4.69, 9.17) is 9.72 Å². The number of fused-ring (bicyclic) bond motifs is 2. The Morgan fingerprint density at radius 2 is 1.83 bits per heavy atom. The summed E-state index contributed by atoms with van der Waals surface area (Å²) < 4.78 is 5.45. The number of hydrogen-bond donors (Lipinski definition) is 1. The van der Waals surface area contributed by atoms with E-state index in [1.54, 1.807) is 0 Å². The number of rotatable bonds is 3. The van der Waals surface area contributed by atoms with Gasteiger partial charge in [-0.3, -0.25) is 9.78 Å². The molecule has 1 heterocycles. The minimum atomic E-state index is -0.446. The first-order valence-electron chi connectivity index (χ1n) is 10.3. The Balaban J connectivity index is 1.95. The maximum Gasteiger partial charge on any atom is 0.339 e. The second kappa shape index (κ2) is 7.77. The predicted octanol–water partition coefficient (Wildman–Crippen LogP) is 4.46. The molecule has 1 atom stereocenters. The standard InChI is InChI=1S/C24H32N2O3/c1-23(2,3)15-11-12-19-17(13-15)21(16-9-7-8-10-18(16)25-19)22(28)29-14-20(27)26-24(4,5)6/h7-10,15H,11-14H2,1-6H3,(H,26,27)/t15-/m1/s1. The molecule has 1 N–H and O–H groups in total. The van der Waals surface area contributed by atoms with Gasteiger partial charge < -0.3 is 10.1 Å². The molecule has 5 heteroatoms. The van der Waals surface area contributed by atoms with Gasteiger partial charge in [-0.25, -0.2) is 4.79 Å². The van der Waals surface area contributed by atoms with E-state index in [1.165, 1.54) is 0 Å². The third kappa shape index (κ3) is 4.95. The number of amides is 1. The van der Waals surface area contributed by atoms with Crippen molar-refractivity contribution in [1.82, 2.24) is 10.3 Å². The molecule has 1 aromatic heterocycles. The van der Waals surface area contributed by atoms with E-state index < -0.39 is 5.97 Å². The fraction of sp³-hybridized carbons (Fsp3) is 0.542. The number of esters is 1. The Morgan fingerprint density at radius 1 is 1.14 bits per heavy atom. The number of aryl methyl sites for hydroxylation is 1. The van der Waals surface area contributed by atoms with Crippen LogP contribution in [0.25, 0.3) is 10.9 Å². The maximum absolute atomic E-state index is 13.1. The van der Waals surface area contributed by atoms with Crippen molar-refractivity contribution in [3.63, 3.8) is 0 Å². The Labute approximate surface area is 173 Å². The molecule has 1 aromatic carbocycles. The van der Waals surface area contributed by atoms with Gasteiger partial charge in [-0.05, 0) is 63.0 Å². The molecule has 0 aliphatic heterocycles. The molecule has 1 amide bonds. The summed E-state index contributed by atoms with van der Waals surface area (Å²) in [6.07, 6.45) is 2.71. The molecule has 0 unspecified atom stereocenters. The molecular formula is C24H32N2O3. The first-order chi connectivity index (χ1) is 13.5. The molecule has 0 fully saturated rings. The number of carbonyl (C=O) groups is 2. The number of pyridine rings is 1. The van der Waals surface area contributed by atoms with Crippen LogP contribution in [0, 0.1) is 11.3 Å². The molecule has 2 aromatic rings. The minimum Gasteiger partial charge on any atom is -0.452 e. The number of carbonyl (C=O) groups excluding carboxylic acids is 2. The van der Waals surface area contributed by atoms with E-state index >= 15 is 0 Å². The van der Waals surface area contributed by atoms with Crippen LogP contribution >= 0.6 is 0 Å². The van der Waals surface area contributed by atoms with Gasteiger partial charge >= 0.3 is 5.97 Å². The molecule has 0 radical (unpaired) electrons. The fourth-order valence-electron chi connectivity index (χ4n) is 4.02. The lowest BCUT2D eigenvalue weighted by atomic mass is 9.70. The molecular weight excluding hydrogens is 364 g/mol. The van der Waals surface area contributed by atoms with Crippen molar-refractivity contribution >= 4 is 22.8 Å². The van der Waals surface area contributed by atoms with Crippen LogP contribution in [0.15, 0.2) is 24.3 Å². The van der Waals surface area contributed by atoms with Gasteiger partial charge in [0.1, 0.15) is 0 Å². The highest BCUT2D eigenvalue weighted by Crippen LogP contribution is 2.39. The van der Waals surface area contributed by atoms with Gasteiger partial charge in [-0.15, -0.1) is 0 Å². The first kappa shape index (κ1) is 21.3. The van der Waals surface area contributed by atoms with E-state index in [2.05, 4.69) is 26.1 Å². The number of ether oxygens (including phenoxy) is 1. The molecule has 0 spiro atoms. The van der Waals surface area contributed by atoms with Crippen molar-refractivity contribution in [2.24, 2.45) is 11.3 Å². The van der Waals surface area contributed by atoms with Crippen LogP contribution in [0.2, 0.25) is 0 Å². The second-order valence-corrected chi connectivity index (χ2v) is 10.1. The van der Waals surface area contributed by atoms with Crippen LogP contribution in [0.3, 0.4) is 0 Å². The van der Waals surface area contributed by atoms with E-state index in [1.807, 2.05) is 45.0 Å². The third-order valence-corrected chi connectivity index (χ3v) is 5.54. The van der Waals surface area contributed by atoms with Crippen LogP contribution < -0.4 is 5.32 Å². The highest BCUT2D eigenvalue weighted by atomic mass is 16.5. The molecule has 0 bridgehead atoms. The van der Waals surface area contributed by atoms with Crippen LogP contribution in [-0.2, 0) is 22.4 Å². The zero-order chi connectivity index (χ0) is 21.4. The van der Waals surface area contributed by atoms with Crippen molar-refractivity contribution in [1.29, 1.82) is 0 Å². The van der Waals surface area contributed by atoms with Gasteiger partial charge in [0.2, 0.25) is 0 Å². The van der Waals surface area contributed by atoms with Crippen molar-refractivity contribution in [3.05, 3.63) is 41.1 Å². The molecule has 29 heavy (non-hydrogen) atoms. The summed E-state index contributed by atoms with van der Waals surface area (Å²) >= 11 is 0. The molecule has 5 nitrogen and oxygen atoms in total. The highest BCUT2D eigenvalue weighted by molar-refractivity contribution is 6.05. The average molecular weight is 397 g/mol. The summed E-state index contributed by atoms with van der Waals surface area (Å²) in [4.78, 5) is 30.1. The van der Waals surface area contributed by atoms with Crippen molar-refractivity contribution in [2.45, 2.75) is 66.3 Å². The smallest absolute Gasteiger partial charge is 0.339 e. The highest BCUT2D eigenvalue weighted by Gasteiger charge is 2.33. The lowest BCUT2D eigenvalue weighted by molar-refractivity contribution is -0.125. The third-order valence-electron chi connectivity index (χ3n) is 5.54. The largest absolute Gasteiger partial charge is 0.452 e. The van der Waals surface area contributed by atoms with E-state index in [0.717, 1.165) is 41.4 Å². The minimum absolute atomic E-state index is 0.150. The van der Waals surface area contributed by atoms with E-state index in [-0.39, 0.29) is 23.5 Å². The number of para-hydroxylation sites is 1. The molecule has 1 aliphatic rings. The number of hydrogen-bond acceptors (Lipinski definition) is 4. The molecule has 0 saturated heterocycles. The zero-order valence-electron chi connectivity index (χ0n) is 18.4. The molecule has 156 valence electrons. The van der Waals surface area contributed by atoms with Gasteiger partial charge in [-0.1, -0.05) is 39.0 Å². The summed E-state index contributed by atoms with van der Waals surface area (Å²) in [5.74, 6) is -0.280. The number of nitrogens with one attached hydrogen (secondary N) is 1. The van der Waals surface area contributed by atoms with Gasteiger partial charge in [0.25, 0.3) is 5.91 Å². The normalized spacial score (nSPS) is 17.0. The predicted molar refractivity (Wildman–Crippen MR) is 115 cm³/mol. The van der Waals surface area contributed by atoms with Crippen LogP contribution in [0.1, 0.15) is 69.6 Å². The Bertz CT molecular complexity index is 936. The van der Waals surface area contributed by atoms with Gasteiger partial charge in [-0.2, -0.15) is 0 Å². The summed E-state index contributed by atoms with van der Waals surface area (Å²) in [6.45, 7) is 12.1. The maximum atomic E-state index is 13.1. The molecule has 0 saturated carbocycles.